The number of aryl methyl sites for hydroxylation is 1. The van der Waals surface area contributed by atoms with Crippen LogP contribution in [0.3, 0.4) is 0 Å². The molecule has 7 rings (SSSR count). The molecule has 14 nitrogen and oxygen atoms in total. The lowest BCUT2D eigenvalue weighted by molar-refractivity contribution is -0.111. The van der Waals surface area contributed by atoms with E-state index in [9.17, 15) is 19.5 Å². The SMILES string of the molecule is C=CC(=O)Nc1cc(Nc2nc(-c3ccnc(NC(=O)c4cc5c(n4C)CC(C)(C)C5)c3CO)cn(C)c2=O)ccc1N1CCN(C2CCOCC2)C[C@@H]1C. The van der Waals surface area contributed by atoms with E-state index in [2.05, 4.69) is 58.1 Å². The predicted octanol–water partition coefficient (Wildman–Crippen LogP) is 4.61. The van der Waals surface area contributed by atoms with E-state index in [4.69, 9.17) is 9.72 Å². The second-order valence-corrected chi connectivity index (χ2v) is 15.7. The van der Waals surface area contributed by atoms with Crippen molar-refractivity contribution in [3.05, 3.63) is 88.2 Å². The van der Waals surface area contributed by atoms with Crippen LogP contribution in [0.4, 0.5) is 28.7 Å². The molecule has 0 saturated carbocycles. The molecule has 2 aliphatic heterocycles. The van der Waals surface area contributed by atoms with Crippen molar-refractivity contribution in [2.45, 2.75) is 65.1 Å². The minimum atomic E-state index is -0.431. The number of hydrogen-bond acceptors (Lipinski definition) is 10. The summed E-state index contributed by atoms with van der Waals surface area (Å²) >= 11 is 0. The van der Waals surface area contributed by atoms with Crippen molar-refractivity contribution >= 4 is 40.5 Å². The fourth-order valence-corrected chi connectivity index (χ4v) is 8.34. The fourth-order valence-electron chi connectivity index (χ4n) is 8.34. The second kappa shape index (κ2) is 15.4. The van der Waals surface area contributed by atoms with E-state index in [1.54, 1.807) is 25.4 Å². The molecule has 4 N–H and O–H groups in total. The highest BCUT2D eigenvalue weighted by Crippen LogP contribution is 2.38. The van der Waals surface area contributed by atoms with E-state index in [1.807, 2.05) is 29.8 Å². The minimum Gasteiger partial charge on any atom is -0.392 e. The summed E-state index contributed by atoms with van der Waals surface area (Å²) in [5.74, 6) is -0.430. The Bertz CT molecular complexity index is 2180. The molecule has 5 heterocycles. The lowest BCUT2D eigenvalue weighted by Crippen LogP contribution is -2.56. The lowest BCUT2D eigenvalue weighted by Gasteiger charge is -2.45. The van der Waals surface area contributed by atoms with E-state index >= 15 is 0 Å². The van der Waals surface area contributed by atoms with Gasteiger partial charge in [0.15, 0.2) is 5.82 Å². The number of aliphatic hydroxyl groups excluding tert-OH is 1. The van der Waals surface area contributed by atoms with Crippen molar-refractivity contribution in [1.82, 2.24) is 24.0 Å². The largest absolute Gasteiger partial charge is 0.392 e. The zero-order valence-electron chi connectivity index (χ0n) is 32.3. The highest BCUT2D eigenvalue weighted by atomic mass is 16.5. The van der Waals surface area contributed by atoms with Crippen molar-refractivity contribution in [2.24, 2.45) is 19.5 Å². The predicted molar refractivity (Wildman–Crippen MR) is 214 cm³/mol. The summed E-state index contributed by atoms with van der Waals surface area (Å²) in [6, 6.07) is 9.94. The van der Waals surface area contributed by atoms with Gasteiger partial charge in [-0.2, -0.15) is 0 Å². The van der Waals surface area contributed by atoms with Gasteiger partial charge in [0.05, 0.1) is 23.7 Å². The third-order valence-electron chi connectivity index (χ3n) is 11.2. The number of carbonyl (C=O) groups excluding carboxylic acids is 2. The normalized spacial score (nSPS) is 18.5. The molecule has 0 radical (unpaired) electrons. The van der Waals surface area contributed by atoms with Gasteiger partial charge < -0.3 is 39.8 Å². The summed E-state index contributed by atoms with van der Waals surface area (Å²) in [4.78, 5) is 53.6. The Balaban J connectivity index is 1.14. The van der Waals surface area contributed by atoms with Crippen LogP contribution in [0, 0.1) is 5.41 Å². The van der Waals surface area contributed by atoms with E-state index < -0.39 is 6.61 Å². The summed E-state index contributed by atoms with van der Waals surface area (Å²) in [5, 5.41) is 19.6. The smallest absolute Gasteiger partial charge is 0.293 e. The van der Waals surface area contributed by atoms with E-state index in [0.29, 0.717) is 39.9 Å². The number of carbonyl (C=O) groups is 2. The molecule has 2 fully saturated rings. The molecule has 2 saturated heterocycles. The average Bonchev–Trinajstić information content (AvgIpc) is 3.64. The maximum absolute atomic E-state index is 13.5. The van der Waals surface area contributed by atoms with E-state index in [0.717, 1.165) is 69.9 Å². The van der Waals surface area contributed by atoms with Crippen molar-refractivity contribution in [2.75, 3.05) is 53.7 Å². The van der Waals surface area contributed by atoms with Crippen LogP contribution in [0.1, 0.15) is 60.9 Å². The van der Waals surface area contributed by atoms with Gasteiger partial charge in [-0.25, -0.2) is 9.97 Å². The second-order valence-electron chi connectivity index (χ2n) is 15.7. The molecular formula is C41H51N9O5. The first-order valence-electron chi connectivity index (χ1n) is 18.9. The first-order chi connectivity index (χ1) is 26.3. The maximum atomic E-state index is 13.5. The van der Waals surface area contributed by atoms with Gasteiger partial charge in [0.1, 0.15) is 11.5 Å². The number of benzene rings is 1. The van der Waals surface area contributed by atoms with E-state index in [-0.39, 0.29) is 40.5 Å². The molecule has 4 aromatic rings. The summed E-state index contributed by atoms with van der Waals surface area (Å²) in [6.07, 6.45) is 8.21. The number of rotatable bonds is 10. The summed E-state index contributed by atoms with van der Waals surface area (Å²) in [6.45, 7) is 14.0. The van der Waals surface area contributed by atoms with Crippen molar-refractivity contribution in [3.63, 3.8) is 0 Å². The van der Waals surface area contributed by atoms with Gasteiger partial charge in [-0.3, -0.25) is 19.3 Å². The quantitative estimate of drug-likeness (QED) is 0.169. The first kappa shape index (κ1) is 38.0. The molecule has 0 unspecified atom stereocenters. The van der Waals surface area contributed by atoms with Gasteiger partial charge in [-0.15, -0.1) is 0 Å². The lowest BCUT2D eigenvalue weighted by atomic mass is 9.90. The Kier molecular flexibility index (Phi) is 10.7. The van der Waals surface area contributed by atoms with Gasteiger partial charge >= 0.3 is 0 Å². The number of nitrogens with one attached hydrogen (secondary N) is 3. The molecule has 1 atom stereocenters. The number of piperazine rings is 1. The highest BCUT2D eigenvalue weighted by Gasteiger charge is 2.34. The average molecular weight is 750 g/mol. The Hall–Kier alpha value is -5.31. The summed E-state index contributed by atoms with van der Waals surface area (Å²) in [5.41, 5.74) is 5.86. The maximum Gasteiger partial charge on any atom is 0.293 e. The number of nitrogens with zero attached hydrogens (tertiary/aromatic N) is 6. The fraction of sp³-hybridized carbons (Fsp3) is 0.439. The number of fused-ring (bicyclic) bond motifs is 1. The Morgan fingerprint density at radius 3 is 2.56 bits per heavy atom. The monoisotopic (exact) mass is 749 g/mol. The molecule has 290 valence electrons. The van der Waals surface area contributed by atoms with Gasteiger partial charge in [0, 0.05) is 93.9 Å². The van der Waals surface area contributed by atoms with Crippen LogP contribution < -0.4 is 26.4 Å². The Morgan fingerprint density at radius 2 is 1.85 bits per heavy atom. The van der Waals surface area contributed by atoms with Crippen LogP contribution in [-0.4, -0.2) is 85.9 Å². The number of pyridine rings is 1. The number of aromatic nitrogens is 4. The number of amides is 2. The molecule has 55 heavy (non-hydrogen) atoms. The highest BCUT2D eigenvalue weighted by molar-refractivity contribution is 6.04. The molecule has 0 spiro atoms. The molecule has 14 heteroatoms. The number of hydrogen-bond donors (Lipinski definition) is 4. The summed E-state index contributed by atoms with van der Waals surface area (Å²) in [7, 11) is 3.52. The minimum absolute atomic E-state index is 0.0414. The molecule has 3 aromatic heterocycles. The summed E-state index contributed by atoms with van der Waals surface area (Å²) < 4.78 is 8.92. The first-order valence-corrected chi connectivity index (χ1v) is 18.9. The molecule has 1 aromatic carbocycles. The third kappa shape index (κ3) is 7.80. The van der Waals surface area contributed by atoms with Gasteiger partial charge in [-0.1, -0.05) is 20.4 Å². The van der Waals surface area contributed by atoms with E-state index in [1.165, 1.54) is 22.4 Å². The van der Waals surface area contributed by atoms with Crippen LogP contribution >= 0.6 is 0 Å². The molecule has 2 amide bonds. The molecule has 3 aliphatic rings. The Labute approximate surface area is 321 Å². The molecular weight excluding hydrogens is 699 g/mol. The zero-order chi connectivity index (χ0) is 39.0. The van der Waals surface area contributed by atoms with Gasteiger partial charge in [0.2, 0.25) is 5.91 Å². The van der Waals surface area contributed by atoms with Gasteiger partial charge in [0.25, 0.3) is 11.5 Å². The zero-order valence-corrected chi connectivity index (χ0v) is 32.3. The van der Waals surface area contributed by atoms with Crippen molar-refractivity contribution in [1.29, 1.82) is 0 Å². The Morgan fingerprint density at radius 1 is 1.07 bits per heavy atom. The topological polar surface area (TPSA) is 159 Å². The van der Waals surface area contributed by atoms with Crippen LogP contribution in [-0.2, 0) is 43.1 Å². The van der Waals surface area contributed by atoms with Crippen molar-refractivity contribution in [3.8, 4) is 11.3 Å². The standard InChI is InChI=1S/C41H51N9O5/c1-7-36(52)44-31-19-27(8-9-33(31)50-15-14-49(22-25(50)2)28-11-16-55-17-12-28)43-38-40(54)47(5)23-32(45-38)29-10-13-42-37(30(29)24-51)46-39(53)34-18-26-20-41(3,4)21-35(26)48(34)6/h7-10,13,18-19,23,25,28,51H,1,11-12,14-17,20-22,24H2,2-6H3,(H,43,45)(H,44,52)(H,42,46,53)/t25-/m0/s1. The van der Waals surface area contributed by atoms with Crippen LogP contribution in [0.15, 0.2) is 60.2 Å². The number of anilines is 5. The van der Waals surface area contributed by atoms with Crippen LogP contribution in [0.25, 0.3) is 11.3 Å². The molecule has 0 bridgehead atoms. The molecule has 1 aliphatic carbocycles. The van der Waals surface area contributed by atoms with Crippen molar-refractivity contribution < 1.29 is 19.4 Å². The number of aliphatic hydroxyl groups is 1. The van der Waals surface area contributed by atoms with Crippen LogP contribution in [0.2, 0.25) is 0 Å². The van der Waals surface area contributed by atoms with Gasteiger partial charge in [-0.05, 0) is 80.0 Å². The number of ether oxygens (including phenoxy) is 1. The van der Waals surface area contributed by atoms with Crippen LogP contribution in [0.5, 0.6) is 0 Å². The third-order valence-corrected chi connectivity index (χ3v) is 11.2.